The van der Waals surface area contributed by atoms with E-state index in [2.05, 4.69) is 9.89 Å². The largest absolute Gasteiger partial charge is 0.378 e. The molecule has 2 heterocycles. The van der Waals surface area contributed by atoms with Crippen LogP contribution in [0.5, 0.6) is 0 Å². The van der Waals surface area contributed by atoms with Crippen LogP contribution in [0.2, 0.25) is 0 Å². The van der Waals surface area contributed by atoms with Gasteiger partial charge in [-0.2, -0.15) is 0 Å². The van der Waals surface area contributed by atoms with Gasteiger partial charge in [0.1, 0.15) is 0 Å². The molecule has 0 spiro atoms. The van der Waals surface area contributed by atoms with E-state index in [4.69, 9.17) is 16.3 Å². The summed E-state index contributed by atoms with van der Waals surface area (Å²) >= 11 is 5.75. The van der Waals surface area contributed by atoms with Crippen molar-refractivity contribution in [2.75, 3.05) is 26.3 Å². The molecule has 11 heavy (non-hydrogen) atoms. The highest BCUT2D eigenvalue weighted by Crippen LogP contribution is 2.18. The summed E-state index contributed by atoms with van der Waals surface area (Å²) in [6.45, 7) is 3.44. The van der Waals surface area contributed by atoms with E-state index in [0.717, 1.165) is 32.0 Å². The van der Waals surface area contributed by atoms with Crippen LogP contribution in [0, 0.1) is 0 Å². The number of hydrogen-bond donors (Lipinski definition) is 0. The Kier molecular flexibility index (Phi) is 1.84. The van der Waals surface area contributed by atoms with Crippen molar-refractivity contribution in [1.29, 1.82) is 0 Å². The molecule has 2 rings (SSSR count). The molecule has 60 valence electrons. The molecule has 0 aromatic rings. The second-order valence-corrected chi connectivity index (χ2v) is 2.89. The summed E-state index contributed by atoms with van der Waals surface area (Å²) in [5.41, 5.74) is 1.06. The number of ether oxygens (including phenoxy) is 1. The van der Waals surface area contributed by atoms with Crippen molar-refractivity contribution >= 4 is 16.8 Å². The zero-order valence-electron chi connectivity index (χ0n) is 6.09. The molecule has 2 aliphatic rings. The van der Waals surface area contributed by atoms with E-state index in [9.17, 15) is 0 Å². The lowest BCUT2D eigenvalue weighted by Gasteiger charge is -2.31. The minimum Gasteiger partial charge on any atom is -0.378 e. The van der Waals surface area contributed by atoms with Gasteiger partial charge in [0.05, 0.1) is 25.1 Å². The zero-order valence-corrected chi connectivity index (χ0v) is 6.84. The Labute approximate surface area is 70.3 Å². The number of rotatable bonds is 1. The second-order valence-electron chi connectivity index (χ2n) is 2.53. The van der Waals surface area contributed by atoms with Crippen LogP contribution in [0.25, 0.3) is 0 Å². The molecule has 0 saturated carbocycles. The third-order valence-corrected chi connectivity index (χ3v) is 2.15. The number of morpholine rings is 1. The summed E-state index contributed by atoms with van der Waals surface area (Å²) in [6, 6.07) is 0. The van der Waals surface area contributed by atoms with Gasteiger partial charge in [0.25, 0.3) is 0 Å². The van der Waals surface area contributed by atoms with Crippen molar-refractivity contribution in [3.05, 3.63) is 11.9 Å². The van der Waals surface area contributed by atoms with Crippen LogP contribution >= 0.6 is 11.6 Å². The molecule has 2 aliphatic heterocycles. The van der Waals surface area contributed by atoms with Crippen LogP contribution in [-0.4, -0.2) is 36.4 Å². The first-order valence-electron chi connectivity index (χ1n) is 3.64. The van der Waals surface area contributed by atoms with Crippen LogP contribution in [0.1, 0.15) is 0 Å². The fourth-order valence-corrected chi connectivity index (χ4v) is 1.40. The summed E-state index contributed by atoms with van der Waals surface area (Å²) in [5, 5.41) is 0.631. The monoisotopic (exact) mass is 172 g/mol. The molecule has 1 fully saturated rings. The third-order valence-electron chi connectivity index (χ3n) is 1.86. The first-order valence-corrected chi connectivity index (χ1v) is 4.02. The van der Waals surface area contributed by atoms with E-state index in [-0.39, 0.29) is 0 Å². The predicted octanol–water partition coefficient (Wildman–Crippen LogP) is 0.811. The first-order chi connectivity index (χ1) is 5.38. The Morgan fingerprint density at radius 1 is 1.45 bits per heavy atom. The number of allylic oxidation sites excluding steroid dienone is 1. The number of halogens is 1. The van der Waals surface area contributed by atoms with Crippen LogP contribution in [0.4, 0.5) is 0 Å². The lowest BCUT2D eigenvalue weighted by Crippen LogP contribution is -2.38. The van der Waals surface area contributed by atoms with E-state index in [1.807, 2.05) is 0 Å². The van der Waals surface area contributed by atoms with Gasteiger partial charge in [0, 0.05) is 13.1 Å². The molecule has 0 N–H and O–H groups in total. The molecule has 3 nitrogen and oxygen atoms in total. The summed E-state index contributed by atoms with van der Waals surface area (Å²) in [4.78, 5) is 6.06. The summed E-state index contributed by atoms with van der Waals surface area (Å²) in [5.74, 6) is 0. The van der Waals surface area contributed by atoms with E-state index in [1.165, 1.54) is 0 Å². The zero-order chi connectivity index (χ0) is 7.68. The van der Waals surface area contributed by atoms with Crippen molar-refractivity contribution < 1.29 is 4.74 Å². The highest BCUT2D eigenvalue weighted by molar-refractivity contribution is 6.70. The Bertz CT molecular complexity index is 218. The summed E-state index contributed by atoms with van der Waals surface area (Å²) < 4.78 is 5.20. The molecule has 1 saturated heterocycles. The predicted molar refractivity (Wildman–Crippen MR) is 43.8 cm³/mol. The minimum atomic E-state index is 0.631. The van der Waals surface area contributed by atoms with Gasteiger partial charge < -0.3 is 9.64 Å². The Balaban J connectivity index is 1.94. The van der Waals surface area contributed by atoms with Gasteiger partial charge >= 0.3 is 0 Å². The Hall–Kier alpha value is -0.540. The first kappa shape index (κ1) is 7.13. The van der Waals surface area contributed by atoms with Crippen molar-refractivity contribution in [2.45, 2.75) is 0 Å². The van der Waals surface area contributed by atoms with Crippen molar-refractivity contribution in [2.24, 2.45) is 4.99 Å². The highest BCUT2D eigenvalue weighted by atomic mass is 35.5. The van der Waals surface area contributed by atoms with Gasteiger partial charge in [-0.05, 0) is 0 Å². The summed E-state index contributed by atoms with van der Waals surface area (Å²) in [7, 11) is 0. The normalized spacial score (nSPS) is 23.9. The average molecular weight is 173 g/mol. The Morgan fingerprint density at radius 2 is 2.18 bits per heavy atom. The number of aliphatic imine (C=N–C) groups is 1. The quantitative estimate of drug-likeness (QED) is 0.585. The van der Waals surface area contributed by atoms with Crippen LogP contribution < -0.4 is 0 Å². The molecular formula is C7H9ClN2O. The van der Waals surface area contributed by atoms with E-state index in [1.54, 1.807) is 6.20 Å². The van der Waals surface area contributed by atoms with Crippen molar-refractivity contribution in [3.63, 3.8) is 0 Å². The average Bonchev–Trinajstić information content (AvgIpc) is 2.04. The van der Waals surface area contributed by atoms with Gasteiger partial charge in [0.2, 0.25) is 0 Å². The van der Waals surface area contributed by atoms with Gasteiger partial charge in [-0.15, -0.1) is 0 Å². The third kappa shape index (κ3) is 1.26. The maximum Gasteiger partial charge on any atom is 0.153 e. The molecule has 0 unspecified atom stereocenters. The van der Waals surface area contributed by atoms with Crippen molar-refractivity contribution in [3.8, 4) is 0 Å². The molecule has 0 aromatic heterocycles. The molecule has 0 aliphatic carbocycles. The van der Waals surface area contributed by atoms with Gasteiger partial charge in [-0.1, -0.05) is 11.6 Å². The lowest BCUT2D eigenvalue weighted by atomic mass is 10.3. The van der Waals surface area contributed by atoms with Gasteiger partial charge in [-0.25, -0.2) is 4.99 Å². The molecule has 0 atom stereocenters. The smallest absolute Gasteiger partial charge is 0.153 e. The number of hydrogen-bond acceptors (Lipinski definition) is 3. The molecule has 0 amide bonds. The molecular weight excluding hydrogens is 164 g/mol. The fraction of sp³-hybridized carbons (Fsp3) is 0.571. The fourth-order valence-electron chi connectivity index (χ4n) is 1.19. The summed E-state index contributed by atoms with van der Waals surface area (Å²) in [6.07, 6.45) is 1.80. The van der Waals surface area contributed by atoms with Crippen LogP contribution in [0.3, 0.4) is 0 Å². The molecule has 0 radical (unpaired) electrons. The van der Waals surface area contributed by atoms with Crippen molar-refractivity contribution in [1.82, 2.24) is 4.90 Å². The second kappa shape index (κ2) is 2.83. The van der Waals surface area contributed by atoms with Gasteiger partial charge in [-0.3, -0.25) is 0 Å². The minimum absolute atomic E-state index is 0.631. The van der Waals surface area contributed by atoms with Gasteiger partial charge in [0.15, 0.2) is 5.17 Å². The molecule has 0 bridgehead atoms. The molecule has 0 aromatic carbocycles. The SMILES string of the molecule is ClC1=NC=C1N1CCOCC1. The Morgan fingerprint density at radius 3 is 2.64 bits per heavy atom. The van der Waals surface area contributed by atoms with Crippen LogP contribution in [0.15, 0.2) is 16.9 Å². The standard InChI is InChI=1S/C7H9ClN2O/c8-7-6(5-9-7)10-1-3-11-4-2-10/h5H,1-4H2. The van der Waals surface area contributed by atoms with Crippen LogP contribution in [-0.2, 0) is 4.74 Å². The topological polar surface area (TPSA) is 24.8 Å². The highest BCUT2D eigenvalue weighted by Gasteiger charge is 2.20. The maximum atomic E-state index is 5.75. The maximum absolute atomic E-state index is 5.75. The van der Waals surface area contributed by atoms with E-state index < -0.39 is 0 Å². The number of nitrogens with zero attached hydrogens (tertiary/aromatic N) is 2. The van der Waals surface area contributed by atoms with E-state index >= 15 is 0 Å². The van der Waals surface area contributed by atoms with E-state index in [0.29, 0.717) is 5.17 Å². The molecule has 4 heteroatoms. The lowest BCUT2D eigenvalue weighted by molar-refractivity contribution is 0.0561.